The van der Waals surface area contributed by atoms with Gasteiger partial charge in [-0.2, -0.15) is 22.0 Å². The summed E-state index contributed by atoms with van der Waals surface area (Å²) >= 11 is 0. The van der Waals surface area contributed by atoms with Gasteiger partial charge in [0.05, 0.1) is 5.57 Å². The Kier molecular flexibility index (Phi) is 5.74. The molecule has 0 radical (unpaired) electrons. The van der Waals surface area contributed by atoms with E-state index in [1.54, 1.807) is 6.07 Å². The molecule has 0 saturated heterocycles. The fourth-order valence-corrected chi connectivity index (χ4v) is 1.98. The first-order chi connectivity index (χ1) is 11.8. The molecule has 25 heavy (non-hydrogen) atoms. The van der Waals surface area contributed by atoms with Crippen LogP contribution < -0.4 is 10.1 Å². The van der Waals surface area contributed by atoms with Crippen molar-refractivity contribution < 1.29 is 31.5 Å². The Balaban J connectivity index is 2.16. The molecule has 2 aromatic rings. The smallest absolute Gasteiger partial charge is 0.417 e. The number of alkyl halides is 5. The lowest BCUT2D eigenvalue weighted by Crippen LogP contribution is -2.16. The lowest BCUT2D eigenvalue weighted by molar-refractivity contribution is -0.112. The summed E-state index contributed by atoms with van der Waals surface area (Å²) in [6.45, 7) is -3.00. The van der Waals surface area contributed by atoms with E-state index >= 15 is 0 Å². The van der Waals surface area contributed by atoms with Crippen LogP contribution in [0.1, 0.15) is 5.56 Å². The lowest BCUT2D eigenvalue weighted by Gasteiger charge is -2.12. The minimum absolute atomic E-state index is 0.135. The zero-order chi connectivity index (χ0) is 18.4. The van der Waals surface area contributed by atoms with Crippen LogP contribution in [0.3, 0.4) is 0 Å². The van der Waals surface area contributed by atoms with Crippen LogP contribution in [0.4, 0.5) is 27.6 Å². The van der Waals surface area contributed by atoms with Gasteiger partial charge in [-0.1, -0.05) is 30.3 Å². The summed E-state index contributed by atoms with van der Waals surface area (Å²) in [7, 11) is 0. The molecule has 0 spiro atoms. The maximum atomic E-state index is 13.1. The SMILES string of the molecule is O=C(/C=C(/c1ccccc1)C(F)(F)F)Nc1ccc(OC(F)F)cc1. The third-order valence-corrected chi connectivity index (χ3v) is 3.01. The zero-order valence-corrected chi connectivity index (χ0v) is 12.6. The fraction of sp³-hybridized carbons (Fsp3) is 0.118. The Morgan fingerprint density at radius 2 is 1.60 bits per heavy atom. The van der Waals surface area contributed by atoms with E-state index in [2.05, 4.69) is 10.1 Å². The highest BCUT2D eigenvalue weighted by Crippen LogP contribution is 2.33. The molecule has 0 atom stereocenters. The molecule has 132 valence electrons. The second kappa shape index (κ2) is 7.78. The van der Waals surface area contributed by atoms with E-state index in [9.17, 15) is 26.7 Å². The monoisotopic (exact) mass is 357 g/mol. The number of hydrogen-bond acceptors (Lipinski definition) is 2. The van der Waals surface area contributed by atoms with Crippen LogP contribution in [0, 0.1) is 0 Å². The molecule has 2 aromatic carbocycles. The van der Waals surface area contributed by atoms with Gasteiger partial charge in [0.25, 0.3) is 0 Å². The summed E-state index contributed by atoms with van der Waals surface area (Å²) in [5, 5.41) is 2.24. The van der Waals surface area contributed by atoms with Crippen molar-refractivity contribution in [3.05, 3.63) is 66.2 Å². The van der Waals surface area contributed by atoms with Crippen LogP contribution in [0.5, 0.6) is 5.75 Å². The van der Waals surface area contributed by atoms with Gasteiger partial charge in [0, 0.05) is 11.8 Å². The van der Waals surface area contributed by atoms with Crippen molar-refractivity contribution in [2.75, 3.05) is 5.32 Å². The minimum Gasteiger partial charge on any atom is -0.435 e. The fourth-order valence-electron chi connectivity index (χ4n) is 1.98. The van der Waals surface area contributed by atoms with Gasteiger partial charge in [0.15, 0.2) is 0 Å². The number of nitrogens with one attached hydrogen (secondary N) is 1. The number of ether oxygens (including phenoxy) is 1. The average molecular weight is 357 g/mol. The predicted molar refractivity (Wildman–Crippen MR) is 82.2 cm³/mol. The third kappa shape index (κ3) is 5.59. The molecule has 0 aliphatic heterocycles. The molecule has 1 amide bonds. The minimum atomic E-state index is -4.71. The quantitative estimate of drug-likeness (QED) is 0.612. The molecule has 8 heteroatoms. The molecule has 0 fully saturated rings. The van der Waals surface area contributed by atoms with Crippen molar-refractivity contribution in [3.8, 4) is 5.75 Å². The van der Waals surface area contributed by atoms with Crippen molar-refractivity contribution in [2.45, 2.75) is 12.8 Å². The maximum absolute atomic E-state index is 13.1. The number of rotatable bonds is 5. The van der Waals surface area contributed by atoms with Crippen molar-refractivity contribution in [1.82, 2.24) is 0 Å². The molecule has 0 bridgehead atoms. The molecule has 1 N–H and O–H groups in total. The van der Waals surface area contributed by atoms with Crippen LogP contribution >= 0.6 is 0 Å². The lowest BCUT2D eigenvalue weighted by atomic mass is 10.1. The number of hydrogen-bond donors (Lipinski definition) is 1. The van der Waals surface area contributed by atoms with Gasteiger partial charge in [-0.25, -0.2) is 0 Å². The first kappa shape index (κ1) is 18.4. The largest absolute Gasteiger partial charge is 0.435 e. The van der Waals surface area contributed by atoms with Crippen molar-refractivity contribution >= 4 is 17.2 Å². The standard InChI is InChI=1S/C17H12F5NO2/c18-16(19)25-13-8-6-12(7-9-13)23-15(24)10-14(17(20,21)22)11-4-2-1-3-5-11/h1-10,16H,(H,23,24)/b14-10-. The highest BCUT2D eigenvalue weighted by Gasteiger charge is 2.35. The van der Waals surface area contributed by atoms with Crippen LogP contribution in [0.15, 0.2) is 60.7 Å². The Hall–Kier alpha value is -2.90. The number of amides is 1. The number of allylic oxidation sites excluding steroid dienone is 1. The van der Waals surface area contributed by atoms with Gasteiger partial charge >= 0.3 is 12.8 Å². The Morgan fingerprint density at radius 1 is 1.00 bits per heavy atom. The zero-order valence-electron chi connectivity index (χ0n) is 12.6. The van der Waals surface area contributed by atoms with Gasteiger partial charge in [0.1, 0.15) is 5.75 Å². The van der Waals surface area contributed by atoms with Crippen molar-refractivity contribution in [1.29, 1.82) is 0 Å². The number of anilines is 1. The second-order valence-electron chi connectivity index (χ2n) is 4.81. The van der Waals surface area contributed by atoms with Crippen LogP contribution in [0.2, 0.25) is 0 Å². The second-order valence-corrected chi connectivity index (χ2v) is 4.81. The number of carbonyl (C=O) groups is 1. The Bertz CT molecular complexity index is 740. The summed E-state index contributed by atoms with van der Waals surface area (Å²) in [6, 6.07) is 11.7. The average Bonchev–Trinajstić information content (AvgIpc) is 2.54. The summed E-state index contributed by atoms with van der Waals surface area (Å²) in [5.41, 5.74) is -1.11. The van der Waals surface area contributed by atoms with E-state index in [1.807, 2.05) is 0 Å². The molecule has 0 aliphatic carbocycles. The van der Waals surface area contributed by atoms with Gasteiger partial charge in [-0.3, -0.25) is 4.79 Å². The Morgan fingerprint density at radius 3 is 2.12 bits per heavy atom. The summed E-state index contributed by atoms with van der Waals surface area (Å²) < 4.78 is 67.6. The van der Waals surface area contributed by atoms with E-state index in [1.165, 1.54) is 36.4 Å². The first-order valence-corrected chi connectivity index (χ1v) is 6.96. The topological polar surface area (TPSA) is 38.3 Å². The van der Waals surface area contributed by atoms with E-state index in [0.717, 1.165) is 12.1 Å². The van der Waals surface area contributed by atoms with Crippen molar-refractivity contribution in [2.24, 2.45) is 0 Å². The number of halogens is 5. The van der Waals surface area contributed by atoms with E-state index in [-0.39, 0.29) is 17.0 Å². The van der Waals surface area contributed by atoms with E-state index in [0.29, 0.717) is 6.08 Å². The first-order valence-electron chi connectivity index (χ1n) is 6.96. The summed E-state index contributed by atoms with van der Waals surface area (Å²) in [5.74, 6) is -1.14. The normalized spacial score (nSPS) is 12.2. The highest BCUT2D eigenvalue weighted by atomic mass is 19.4. The van der Waals surface area contributed by atoms with Crippen molar-refractivity contribution in [3.63, 3.8) is 0 Å². The molecule has 0 aliphatic rings. The molecule has 0 unspecified atom stereocenters. The Labute approximate surface area is 139 Å². The molecule has 0 heterocycles. The third-order valence-electron chi connectivity index (χ3n) is 3.01. The van der Waals surface area contributed by atoms with Gasteiger partial charge in [0.2, 0.25) is 5.91 Å². The predicted octanol–water partition coefficient (Wildman–Crippen LogP) is 4.87. The summed E-state index contributed by atoms with van der Waals surface area (Å²) in [6.07, 6.45) is -4.27. The molecule has 2 rings (SSSR count). The van der Waals surface area contributed by atoms with E-state index < -0.39 is 24.3 Å². The van der Waals surface area contributed by atoms with Gasteiger partial charge in [-0.15, -0.1) is 0 Å². The van der Waals surface area contributed by atoms with E-state index in [4.69, 9.17) is 0 Å². The molecule has 0 saturated carbocycles. The number of benzene rings is 2. The van der Waals surface area contributed by atoms with Gasteiger partial charge < -0.3 is 10.1 Å². The summed E-state index contributed by atoms with van der Waals surface area (Å²) in [4.78, 5) is 11.9. The van der Waals surface area contributed by atoms with Gasteiger partial charge in [-0.05, 0) is 29.8 Å². The highest BCUT2D eigenvalue weighted by molar-refractivity contribution is 6.04. The molecule has 0 aromatic heterocycles. The molecule has 3 nitrogen and oxygen atoms in total. The van der Waals surface area contributed by atoms with Crippen LogP contribution in [-0.4, -0.2) is 18.7 Å². The number of carbonyl (C=O) groups excluding carboxylic acids is 1. The maximum Gasteiger partial charge on any atom is 0.417 e. The molecular weight excluding hydrogens is 345 g/mol. The van der Waals surface area contributed by atoms with Crippen LogP contribution in [-0.2, 0) is 4.79 Å². The van der Waals surface area contributed by atoms with Crippen LogP contribution in [0.25, 0.3) is 5.57 Å². The molecular formula is C17H12F5NO2.